The molecule has 134 valence electrons. The van der Waals surface area contributed by atoms with Crippen molar-refractivity contribution >= 4 is 10.8 Å². The van der Waals surface area contributed by atoms with Crippen LogP contribution in [0, 0.1) is 18.8 Å². The van der Waals surface area contributed by atoms with Gasteiger partial charge in [0.2, 0.25) is 5.89 Å². The molecule has 3 nitrogen and oxygen atoms in total. The van der Waals surface area contributed by atoms with Crippen molar-refractivity contribution in [3.63, 3.8) is 0 Å². The van der Waals surface area contributed by atoms with E-state index in [-0.39, 0.29) is 0 Å². The molecular weight excluding hydrogens is 320 g/mol. The van der Waals surface area contributed by atoms with E-state index in [4.69, 9.17) is 9.40 Å². The van der Waals surface area contributed by atoms with Crippen molar-refractivity contribution in [2.24, 2.45) is 11.8 Å². The Balaban J connectivity index is 1.44. The highest BCUT2D eigenvalue weighted by Crippen LogP contribution is 2.47. The maximum absolute atomic E-state index is 6.10. The van der Waals surface area contributed by atoms with Crippen LogP contribution in [0.1, 0.15) is 37.1 Å². The summed E-state index contributed by atoms with van der Waals surface area (Å²) in [6.45, 7) is 2.94. The van der Waals surface area contributed by atoms with Crippen molar-refractivity contribution in [2.45, 2.75) is 45.2 Å². The fraction of sp³-hybridized carbons (Fsp3) is 0.435. The summed E-state index contributed by atoms with van der Waals surface area (Å²) in [5.74, 6) is 3.52. The maximum atomic E-state index is 6.10. The third kappa shape index (κ3) is 2.95. The standard InChI is InChI=1S/C23H26N2O/c1-15-21(14-25(2)22(17-10-11-17)18-12-13-18)24-23(26-15)20-9-5-7-16-6-3-4-8-19(16)20/h3-9,17-18,22H,10-14H2,1-2H3. The molecule has 2 aromatic carbocycles. The first-order chi connectivity index (χ1) is 12.7. The monoisotopic (exact) mass is 346 g/mol. The van der Waals surface area contributed by atoms with Gasteiger partial charge in [-0.05, 0) is 68.3 Å². The van der Waals surface area contributed by atoms with Crippen LogP contribution in [0.15, 0.2) is 46.9 Å². The third-order valence-electron chi connectivity index (χ3n) is 6.03. The van der Waals surface area contributed by atoms with Gasteiger partial charge in [0.15, 0.2) is 0 Å². The Bertz CT molecular complexity index is 919. The number of benzene rings is 2. The fourth-order valence-corrected chi connectivity index (χ4v) is 4.42. The highest BCUT2D eigenvalue weighted by atomic mass is 16.4. The number of rotatable bonds is 6. The Labute approximate surface area is 155 Å². The van der Waals surface area contributed by atoms with Crippen molar-refractivity contribution in [1.82, 2.24) is 9.88 Å². The minimum Gasteiger partial charge on any atom is -0.441 e. The molecule has 0 saturated heterocycles. The van der Waals surface area contributed by atoms with Gasteiger partial charge in [0, 0.05) is 18.2 Å². The first kappa shape index (κ1) is 16.1. The average molecular weight is 346 g/mol. The van der Waals surface area contributed by atoms with Gasteiger partial charge in [-0.2, -0.15) is 0 Å². The minimum atomic E-state index is 0.743. The van der Waals surface area contributed by atoms with Crippen molar-refractivity contribution in [3.8, 4) is 11.5 Å². The molecule has 0 radical (unpaired) electrons. The van der Waals surface area contributed by atoms with E-state index in [0.717, 1.165) is 47.3 Å². The van der Waals surface area contributed by atoms with Crippen molar-refractivity contribution in [2.75, 3.05) is 7.05 Å². The van der Waals surface area contributed by atoms with Crippen LogP contribution in [0.5, 0.6) is 0 Å². The molecule has 2 aliphatic carbocycles. The van der Waals surface area contributed by atoms with Crippen molar-refractivity contribution < 1.29 is 4.42 Å². The number of aromatic nitrogens is 1. The van der Waals surface area contributed by atoms with E-state index in [1.165, 1.54) is 36.5 Å². The molecule has 0 spiro atoms. The van der Waals surface area contributed by atoms with E-state index in [1.54, 1.807) is 0 Å². The second kappa shape index (κ2) is 6.24. The van der Waals surface area contributed by atoms with E-state index in [1.807, 2.05) is 6.92 Å². The molecule has 0 N–H and O–H groups in total. The number of nitrogens with zero attached hydrogens (tertiary/aromatic N) is 2. The smallest absolute Gasteiger partial charge is 0.227 e. The van der Waals surface area contributed by atoms with Crippen molar-refractivity contribution in [1.29, 1.82) is 0 Å². The molecule has 2 aliphatic rings. The predicted octanol–water partition coefficient (Wildman–Crippen LogP) is 5.42. The molecule has 1 aromatic heterocycles. The summed E-state index contributed by atoms with van der Waals surface area (Å²) in [6, 6.07) is 15.5. The molecule has 2 fully saturated rings. The lowest BCUT2D eigenvalue weighted by atomic mass is 10.0. The van der Waals surface area contributed by atoms with Gasteiger partial charge in [-0.25, -0.2) is 4.98 Å². The Morgan fingerprint density at radius 2 is 1.73 bits per heavy atom. The number of hydrogen-bond acceptors (Lipinski definition) is 3. The second-order valence-electron chi connectivity index (χ2n) is 8.13. The topological polar surface area (TPSA) is 29.3 Å². The molecule has 0 amide bonds. The van der Waals surface area contributed by atoms with Crippen LogP contribution in [0.25, 0.3) is 22.2 Å². The number of aryl methyl sites for hydroxylation is 1. The molecule has 26 heavy (non-hydrogen) atoms. The highest BCUT2D eigenvalue weighted by Gasteiger charge is 2.43. The van der Waals surface area contributed by atoms with Crippen molar-refractivity contribution in [3.05, 3.63) is 53.9 Å². The summed E-state index contributed by atoms with van der Waals surface area (Å²) in [5, 5.41) is 2.42. The van der Waals surface area contributed by atoms with E-state index in [2.05, 4.69) is 54.4 Å². The lowest BCUT2D eigenvalue weighted by molar-refractivity contribution is 0.184. The van der Waals surface area contributed by atoms with Gasteiger partial charge < -0.3 is 4.42 Å². The maximum Gasteiger partial charge on any atom is 0.227 e. The largest absolute Gasteiger partial charge is 0.441 e. The number of fused-ring (bicyclic) bond motifs is 1. The zero-order valence-electron chi connectivity index (χ0n) is 15.6. The van der Waals surface area contributed by atoms with Gasteiger partial charge in [-0.15, -0.1) is 0 Å². The first-order valence-electron chi connectivity index (χ1n) is 9.85. The minimum absolute atomic E-state index is 0.743. The predicted molar refractivity (Wildman–Crippen MR) is 105 cm³/mol. The number of hydrogen-bond donors (Lipinski definition) is 0. The lowest BCUT2D eigenvalue weighted by Gasteiger charge is -2.27. The molecular formula is C23H26N2O. The zero-order valence-corrected chi connectivity index (χ0v) is 15.6. The summed E-state index contributed by atoms with van der Waals surface area (Å²) in [5.41, 5.74) is 2.17. The SMILES string of the molecule is Cc1oc(-c2cccc3ccccc23)nc1CN(C)C(C1CC1)C1CC1. The van der Waals surface area contributed by atoms with Gasteiger partial charge in [-0.3, -0.25) is 4.90 Å². The molecule has 3 heteroatoms. The Hall–Kier alpha value is -2.13. The van der Waals surface area contributed by atoms with Crippen LogP contribution < -0.4 is 0 Å². The van der Waals surface area contributed by atoms with E-state index < -0.39 is 0 Å². The van der Waals surface area contributed by atoms with E-state index in [0.29, 0.717) is 0 Å². The zero-order chi connectivity index (χ0) is 17.7. The van der Waals surface area contributed by atoms with E-state index >= 15 is 0 Å². The van der Waals surface area contributed by atoms with Crippen LogP contribution in [0.3, 0.4) is 0 Å². The van der Waals surface area contributed by atoms with Gasteiger partial charge >= 0.3 is 0 Å². The summed E-state index contributed by atoms with van der Waals surface area (Å²) in [6.07, 6.45) is 5.63. The lowest BCUT2D eigenvalue weighted by Crippen LogP contribution is -2.35. The summed E-state index contributed by atoms with van der Waals surface area (Å²) in [7, 11) is 2.27. The molecule has 2 saturated carbocycles. The number of oxazole rings is 1. The molecule has 0 aliphatic heterocycles. The molecule has 0 unspecified atom stereocenters. The highest BCUT2D eigenvalue weighted by molar-refractivity contribution is 5.94. The summed E-state index contributed by atoms with van der Waals surface area (Å²) in [4.78, 5) is 7.44. The summed E-state index contributed by atoms with van der Waals surface area (Å²) >= 11 is 0. The molecule has 0 bridgehead atoms. The third-order valence-corrected chi connectivity index (χ3v) is 6.03. The van der Waals surface area contributed by atoms with Crippen LogP contribution in [0.4, 0.5) is 0 Å². The van der Waals surface area contributed by atoms with E-state index in [9.17, 15) is 0 Å². The quantitative estimate of drug-likeness (QED) is 0.596. The summed E-state index contributed by atoms with van der Waals surface area (Å²) < 4.78 is 6.10. The fourth-order valence-electron chi connectivity index (χ4n) is 4.42. The molecule has 5 rings (SSSR count). The normalized spacial score (nSPS) is 17.5. The Morgan fingerprint density at radius 3 is 2.46 bits per heavy atom. The Kier molecular flexibility index (Phi) is 3.86. The van der Waals surface area contributed by atoms with Crippen LogP contribution >= 0.6 is 0 Å². The first-order valence-corrected chi connectivity index (χ1v) is 9.85. The van der Waals surface area contributed by atoms with Crippen LogP contribution in [0.2, 0.25) is 0 Å². The second-order valence-corrected chi connectivity index (χ2v) is 8.13. The van der Waals surface area contributed by atoms with Gasteiger partial charge in [0.25, 0.3) is 0 Å². The van der Waals surface area contributed by atoms with Crippen LogP contribution in [-0.2, 0) is 6.54 Å². The average Bonchev–Trinajstić information content (AvgIpc) is 3.57. The van der Waals surface area contributed by atoms with Gasteiger partial charge in [-0.1, -0.05) is 36.4 Å². The molecule has 0 atom stereocenters. The molecule has 1 heterocycles. The molecule has 3 aromatic rings. The van der Waals surface area contributed by atoms with Gasteiger partial charge in [0.1, 0.15) is 5.76 Å². The van der Waals surface area contributed by atoms with Crippen LogP contribution in [-0.4, -0.2) is 23.0 Å². The van der Waals surface area contributed by atoms with Gasteiger partial charge in [0.05, 0.1) is 5.69 Å². The Morgan fingerprint density at radius 1 is 1.04 bits per heavy atom.